The van der Waals surface area contributed by atoms with Crippen LogP contribution < -0.4 is 10.5 Å². The fourth-order valence-corrected chi connectivity index (χ4v) is 4.53. The minimum Gasteiger partial charge on any atom is -0.463 e. The maximum absolute atomic E-state index is 14.7. The van der Waals surface area contributed by atoms with E-state index in [0.717, 1.165) is 22.6 Å². The average Bonchev–Trinajstić information content (AvgIpc) is 2.76. The van der Waals surface area contributed by atoms with Gasteiger partial charge in [-0.05, 0) is 30.7 Å². The summed E-state index contributed by atoms with van der Waals surface area (Å²) in [6.45, 7) is 0.557. The molecule has 0 radical (unpaired) electrons. The van der Waals surface area contributed by atoms with Crippen LogP contribution in [0, 0.1) is 17.7 Å². The van der Waals surface area contributed by atoms with Gasteiger partial charge < -0.3 is 10.5 Å². The second-order valence-corrected chi connectivity index (χ2v) is 9.22. The van der Waals surface area contributed by atoms with Gasteiger partial charge in [0.1, 0.15) is 23.7 Å². The Kier molecular flexibility index (Phi) is 6.92. The van der Waals surface area contributed by atoms with Gasteiger partial charge in [0.05, 0.1) is 18.1 Å². The van der Waals surface area contributed by atoms with Crippen molar-refractivity contribution in [2.75, 3.05) is 26.1 Å². The highest BCUT2D eigenvalue weighted by Crippen LogP contribution is 2.34. The van der Waals surface area contributed by atoms with Crippen molar-refractivity contribution in [3.63, 3.8) is 0 Å². The molecule has 2 N–H and O–H groups in total. The highest BCUT2D eigenvalue weighted by Gasteiger charge is 2.41. The molecule has 2 aromatic rings. The first-order valence-corrected chi connectivity index (χ1v) is 11.1. The summed E-state index contributed by atoms with van der Waals surface area (Å²) in [7, 11) is -2.55. The third kappa shape index (κ3) is 5.43. The molecule has 0 spiro atoms. The normalized spacial score (nSPS) is 20.0. The first kappa shape index (κ1) is 24.1. The van der Waals surface area contributed by atoms with Crippen molar-refractivity contribution in [3.8, 4) is 17.7 Å². The van der Waals surface area contributed by atoms with E-state index >= 15 is 0 Å². The van der Waals surface area contributed by atoms with E-state index in [1.807, 2.05) is 0 Å². The van der Waals surface area contributed by atoms with Crippen LogP contribution in [-0.2, 0) is 15.6 Å². The lowest BCUT2D eigenvalue weighted by Crippen LogP contribution is -2.50. The van der Waals surface area contributed by atoms with Crippen molar-refractivity contribution in [1.29, 1.82) is 0 Å². The second-order valence-electron chi connectivity index (χ2n) is 7.21. The SMILES string of the molecule is CN1C(N)=N[C@](C)(c2cc(/C=C(\F)c3cnc(OCC#CCF)cn3)ccc2F)CS1(=O)=O. The van der Waals surface area contributed by atoms with Gasteiger partial charge in [-0.15, -0.1) is 0 Å². The lowest BCUT2D eigenvalue weighted by Gasteiger charge is -2.34. The molecule has 8 nitrogen and oxygen atoms in total. The molecule has 0 saturated carbocycles. The number of nitrogens with zero attached hydrogens (tertiary/aromatic N) is 4. The highest BCUT2D eigenvalue weighted by molar-refractivity contribution is 7.89. The van der Waals surface area contributed by atoms with Gasteiger partial charge >= 0.3 is 0 Å². The van der Waals surface area contributed by atoms with Crippen LogP contribution in [0.15, 0.2) is 35.6 Å². The Balaban J connectivity index is 1.88. The molecule has 12 heteroatoms. The van der Waals surface area contributed by atoms with Gasteiger partial charge in [-0.3, -0.25) is 0 Å². The van der Waals surface area contributed by atoms with E-state index in [4.69, 9.17) is 10.5 Å². The number of guanidine groups is 1. The van der Waals surface area contributed by atoms with E-state index in [1.165, 1.54) is 32.3 Å². The van der Waals surface area contributed by atoms with Crippen molar-refractivity contribution in [2.45, 2.75) is 12.5 Å². The number of alkyl halides is 1. The van der Waals surface area contributed by atoms with Crippen LogP contribution in [0.5, 0.6) is 5.88 Å². The van der Waals surface area contributed by atoms with Crippen molar-refractivity contribution in [1.82, 2.24) is 14.3 Å². The number of rotatable bonds is 5. The van der Waals surface area contributed by atoms with Crippen molar-refractivity contribution < 1.29 is 26.3 Å². The molecule has 33 heavy (non-hydrogen) atoms. The summed E-state index contributed by atoms with van der Waals surface area (Å²) in [4.78, 5) is 12.0. The first-order chi connectivity index (χ1) is 15.6. The van der Waals surface area contributed by atoms with Crippen LogP contribution >= 0.6 is 0 Å². The van der Waals surface area contributed by atoms with Crippen LogP contribution in [0.1, 0.15) is 23.7 Å². The Morgan fingerprint density at radius 1 is 1.33 bits per heavy atom. The molecule has 0 fully saturated rings. The third-order valence-electron chi connectivity index (χ3n) is 4.79. The predicted molar refractivity (Wildman–Crippen MR) is 117 cm³/mol. The summed E-state index contributed by atoms with van der Waals surface area (Å²) >= 11 is 0. The summed E-state index contributed by atoms with van der Waals surface area (Å²) in [5.74, 6) is 2.42. The zero-order valence-electron chi connectivity index (χ0n) is 17.7. The van der Waals surface area contributed by atoms with Crippen LogP contribution in [0.25, 0.3) is 11.9 Å². The zero-order valence-corrected chi connectivity index (χ0v) is 18.5. The summed E-state index contributed by atoms with van der Waals surface area (Å²) in [5, 5.41) is 0. The number of benzene rings is 1. The molecule has 3 rings (SSSR count). The molecule has 174 valence electrons. The summed E-state index contributed by atoms with van der Waals surface area (Å²) in [5.41, 5.74) is 4.31. The molecule has 0 aliphatic carbocycles. The van der Waals surface area contributed by atoms with Gasteiger partial charge in [0.15, 0.2) is 12.4 Å². The standard InChI is InChI=1S/C21H20F3N5O3S/c1-21(13-33(30,31)29(2)20(25)28-21)15-9-14(5-6-16(15)23)10-17(24)18-11-27-19(12-26-18)32-8-4-3-7-22/h5-6,9-12H,7-8,13H2,1-2H3,(H2,25,28)/b17-10-/t21-/m0/s1. The smallest absolute Gasteiger partial charge is 0.239 e. The number of halogens is 3. The van der Waals surface area contributed by atoms with Gasteiger partial charge in [0, 0.05) is 12.6 Å². The number of aromatic nitrogens is 2. The largest absolute Gasteiger partial charge is 0.463 e. The molecule has 1 atom stereocenters. The Morgan fingerprint density at radius 3 is 2.73 bits per heavy atom. The average molecular weight is 479 g/mol. The Labute approximate surface area is 189 Å². The maximum Gasteiger partial charge on any atom is 0.239 e. The van der Waals surface area contributed by atoms with Crippen LogP contribution in [-0.4, -0.2) is 54.7 Å². The number of ether oxygens (including phenoxy) is 1. The summed E-state index contributed by atoms with van der Waals surface area (Å²) in [6, 6.07) is 3.73. The predicted octanol–water partition coefficient (Wildman–Crippen LogP) is 2.24. The Bertz CT molecular complexity index is 1270. The number of hydrogen-bond acceptors (Lipinski definition) is 7. The fourth-order valence-electron chi connectivity index (χ4n) is 3.08. The molecule has 2 heterocycles. The zero-order chi connectivity index (χ0) is 24.2. The van der Waals surface area contributed by atoms with Gasteiger partial charge in [-0.2, -0.15) is 0 Å². The van der Waals surface area contributed by atoms with E-state index in [1.54, 1.807) is 0 Å². The summed E-state index contributed by atoms with van der Waals surface area (Å²) < 4.78 is 72.0. The van der Waals surface area contributed by atoms with E-state index in [0.29, 0.717) is 0 Å². The fraction of sp³-hybridized carbons (Fsp3) is 0.286. The van der Waals surface area contributed by atoms with Crippen molar-refractivity contribution in [3.05, 3.63) is 53.2 Å². The maximum atomic E-state index is 14.7. The Hall–Kier alpha value is -3.59. The molecule has 0 saturated heterocycles. The van der Waals surface area contributed by atoms with Crippen LogP contribution in [0.2, 0.25) is 0 Å². The number of aliphatic imine (C=N–C) groups is 1. The minimum absolute atomic E-state index is 0.0482. The molecule has 1 aromatic carbocycles. The van der Waals surface area contributed by atoms with Crippen LogP contribution in [0.3, 0.4) is 0 Å². The molecule has 1 aromatic heterocycles. The van der Waals surface area contributed by atoms with Crippen LogP contribution in [0.4, 0.5) is 13.2 Å². The van der Waals surface area contributed by atoms with E-state index in [9.17, 15) is 21.6 Å². The van der Waals surface area contributed by atoms with Crippen molar-refractivity contribution in [2.24, 2.45) is 10.7 Å². The molecular weight excluding hydrogens is 459 g/mol. The second kappa shape index (κ2) is 9.50. The number of sulfonamides is 1. The topological polar surface area (TPSA) is 111 Å². The number of hydrogen-bond donors (Lipinski definition) is 1. The minimum atomic E-state index is -3.81. The van der Waals surface area contributed by atoms with Gasteiger partial charge in [0.25, 0.3) is 0 Å². The first-order valence-electron chi connectivity index (χ1n) is 9.52. The van der Waals surface area contributed by atoms with E-state index in [-0.39, 0.29) is 35.3 Å². The molecular formula is C21H20F3N5O3S. The van der Waals surface area contributed by atoms with Gasteiger partial charge in [-0.25, -0.2) is 40.9 Å². The molecule has 1 aliphatic heterocycles. The quantitative estimate of drug-likeness (QED) is 0.659. The van der Waals surface area contributed by atoms with E-state index in [2.05, 4.69) is 26.8 Å². The summed E-state index contributed by atoms with van der Waals surface area (Å²) in [6.07, 6.45) is 3.40. The highest BCUT2D eigenvalue weighted by atomic mass is 32.2. The Morgan fingerprint density at radius 2 is 2.09 bits per heavy atom. The third-order valence-corrected chi connectivity index (χ3v) is 6.73. The van der Waals surface area contributed by atoms with Gasteiger partial charge in [0.2, 0.25) is 21.9 Å². The molecule has 0 amide bonds. The monoisotopic (exact) mass is 479 g/mol. The molecule has 0 unspecified atom stereocenters. The number of nitrogens with two attached hydrogens (primary N) is 1. The lowest BCUT2D eigenvalue weighted by atomic mass is 9.92. The lowest BCUT2D eigenvalue weighted by molar-refractivity contribution is 0.353. The molecule has 1 aliphatic rings. The van der Waals surface area contributed by atoms with E-state index < -0.39 is 39.6 Å². The van der Waals surface area contributed by atoms with Gasteiger partial charge in [-0.1, -0.05) is 17.9 Å². The van der Waals surface area contributed by atoms with Crippen molar-refractivity contribution >= 4 is 27.9 Å². The molecule has 0 bridgehead atoms.